The molecular formula is C11H7NOS2. The van der Waals surface area contributed by atoms with Crippen LogP contribution in [-0.4, -0.2) is 4.55 Å². The third kappa shape index (κ3) is 2.21. The zero-order valence-corrected chi connectivity index (χ0v) is 9.35. The number of nitriles is 1. The highest BCUT2D eigenvalue weighted by Gasteiger charge is 2.16. The zero-order valence-electron chi connectivity index (χ0n) is 7.71. The van der Waals surface area contributed by atoms with Gasteiger partial charge in [0.05, 0.1) is 0 Å². The molecule has 2 nitrogen and oxygen atoms in total. The summed E-state index contributed by atoms with van der Waals surface area (Å²) < 4.78 is 12.7. The van der Waals surface area contributed by atoms with Gasteiger partial charge in [-0.15, -0.1) is 0 Å². The Hall–Kier alpha value is -1.28. The maximum atomic E-state index is 12.0. The minimum atomic E-state index is -1.16. The van der Waals surface area contributed by atoms with Gasteiger partial charge in [-0.25, -0.2) is 0 Å². The molecule has 4 heteroatoms. The summed E-state index contributed by atoms with van der Waals surface area (Å²) in [6.07, 6.45) is 0. The topological polar surface area (TPSA) is 46.8 Å². The molecule has 15 heavy (non-hydrogen) atoms. The first-order valence-corrected chi connectivity index (χ1v) is 6.24. The second kappa shape index (κ2) is 4.49. The third-order valence-electron chi connectivity index (χ3n) is 1.83. The highest BCUT2D eigenvalue weighted by molar-refractivity contribution is 7.93. The lowest BCUT2D eigenvalue weighted by molar-refractivity contribution is 0.597. The summed E-state index contributed by atoms with van der Waals surface area (Å²) in [5, 5.41) is 8.66. The van der Waals surface area contributed by atoms with E-state index < -0.39 is 11.2 Å². The molecule has 1 heterocycles. The highest BCUT2D eigenvalue weighted by atomic mass is 32.2. The standard InChI is InChI=1S/C11H7NOS2/c12-8-9-6-7-11(14-9)15(13)10-4-2-1-3-5-10/h1-7H. The van der Waals surface area contributed by atoms with E-state index in [2.05, 4.69) is 0 Å². The minimum absolute atomic E-state index is 0.592. The van der Waals surface area contributed by atoms with Crippen molar-refractivity contribution in [3.8, 4) is 6.07 Å². The molecule has 0 saturated heterocycles. The van der Waals surface area contributed by atoms with Gasteiger partial charge >= 0.3 is 0 Å². The molecule has 1 atom stereocenters. The van der Waals surface area contributed by atoms with Crippen molar-refractivity contribution in [2.75, 3.05) is 0 Å². The predicted molar refractivity (Wildman–Crippen MR) is 60.2 cm³/mol. The first-order valence-electron chi connectivity index (χ1n) is 4.28. The van der Waals surface area contributed by atoms with Crippen LogP contribution < -0.4 is 0 Å². The second-order valence-electron chi connectivity index (χ2n) is 2.81. The fraction of sp³-hybridized carbons (Fsp3) is 0. The summed E-state index contributed by atoms with van der Waals surface area (Å²) in [4.78, 5) is 1.36. The van der Waals surface area contributed by atoms with Crippen molar-refractivity contribution in [1.29, 1.82) is 5.26 Å². The zero-order chi connectivity index (χ0) is 10.7. The van der Waals surface area contributed by atoms with Crippen molar-refractivity contribution in [2.45, 2.75) is 9.10 Å². The number of benzene rings is 1. The van der Waals surface area contributed by atoms with E-state index in [1.54, 1.807) is 12.1 Å². The molecule has 0 N–H and O–H groups in total. The second-order valence-corrected chi connectivity index (χ2v) is 5.60. The summed E-state index contributed by atoms with van der Waals surface area (Å²) in [7, 11) is 0. The largest absolute Gasteiger partial charge is 0.606 e. The Morgan fingerprint density at radius 3 is 2.47 bits per heavy atom. The van der Waals surface area contributed by atoms with E-state index in [-0.39, 0.29) is 0 Å². The van der Waals surface area contributed by atoms with Gasteiger partial charge < -0.3 is 4.55 Å². The van der Waals surface area contributed by atoms with Crippen molar-refractivity contribution in [1.82, 2.24) is 0 Å². The Morgan fingerprint density at radius 1 is 1.13 bits per heavy atom. The monoisotopic (exact) mass is 233 g/mol. The van der Waals surface area contributed by atoms with Crippen LogP contribution >= 0.6 is 11.3 Å². The summed E-state index contributed by atoms with van der Waals surface area (Å²) in [6, 6.07) is 14.7. The van der Waals surface area contributed by atoms with Crippen LogP contribution in [0.4, 0.5) is 0 Å². The Labute approximate surface area is 95.0 Å². The number of hydrogen-bond acceptors (Lipinski definition) is 3. The average Bonchev–Trinajstić information content (AvgIpc) is 2.78. The smallest absolute Gasteiger partial charge is 0.213 e. The molecule has 2 aromatic rings. The van der Waals surface area contributed by atoms with E-state index >= 15 is 0 Å². The summed E-state index contributed by atoms with van der Waals surface area (Å²) >= 11 is 0.114. The van der Waals surface area contributed by atoms with Crippen LogP contribution in [0.3, 0.4) is 0 Å². The van der Waals surface area contributed by atoms with Gasteiger partial charge in [-0.1, -0.05) is 29.5 Å². The van der Waals surface area contributed by atoms with Gasteiger partial charge in [-0.3, -0.25) is 0 Å². The lowest BCUT2D eigenvalue weighted by Gasteiger charge is -2.05. The molecular weight excluding hydrogens is 226 g/mol. The lowest BCUT2D eigenvalue weighted by Crippen LogP contribution is -1.98. The minimum Gasteiger partial charge on any atom is -0.606 e. The van der Waals surface area contributed by atoms with Crippen molar-refractivity contribution in [2.24, 2.45) is 0 Å². The maximum absolute atomic E-state index is 12.0. The van der Waals surface area contributed by atoms with Crippen LogP contribution in [0.5, 0.6) is 0 Å². The van der Waals surface area contributed by atoms with Crippen LogP contribution in [0.2, 0.25) is 0 Å². The first kappa shape index (κ1) is 10.2. The molecule has 0 spiro atoms. The molecule has 1 aromatic carbocycles. The predicted octanol–water partition coefficient (Wildman–Crippen LogP) is 2.79. The van der Waals surface area contributed by atoms with E-state index in [1.165, 1.54) is 11.3 Å². The Kier molecular flexibility index (Phi) is 3.07. The average molecular weight is 233 g/mol. The quantitative estimate of drug-likeness (QED) is 0.749. The normalized spacial score (nSPS) is 12.0. The molecule has 1 unspecified atom stereocenters. The van der Waals surface area contributed by atoms with Crippen molar-refractivity contribution in [3.63, 3.8) is 0 Å². The summed E-state index contributed by atoms with van der Waals surface area (Å²) in [5.74, 6) is 0. The number of thiophene rings is 1. The number of nitrogens with zero attached hydrogens (tertiary/aromatic N) is 1. The fourth-order valence-corrected chi connectivity index (χ4v) is 3.36. The Morgan fingerprint density at radius 2 is 1.87 bits per heavy atom. The van der Waals surface area contributed by atoms with Gasteiger partial charge in [-0.2, -0.15) is 5.26 Å². The Balaban J connectivity index is 2.29. The van der Waals surface area contributed by atoms with E-state index in [0.717, 1.165) is 9.10 Å². The van der Waals surface area contributed by atoms with Gasteiger partial charge in [0.15, 0.2) is 4.90 Å². The van der Waals surface area contributed by atoms with Gasteiger partial charge in [0.25, 0.3) is 0 Å². The van der Waals surface area contributed by atoms with Crippen LogP contribution in [0.15, 0.2) is 51.6 Å². The number of rotatable bonds is 2. The molecule has 0 radical (unpaired) electrons. The molecule has 74 valence electrons. The van der Waals surface area contributed by atoms with Gasteiger partial charge in [0.1, 0.15) is 10.9 Å². The molecule has 1 aromatic heterocycles. The van der Waals surface area contributed by atoms with Crippen molar-refractivity contribution in [3.05, 3.63) is 47.3 Å². The van der Waals surface area contributed by atoms with E-state index in [9.17, 15) is 4.55 Å². The van der Waals surface area contributed by atoms with Crippen LogP contribution in [0.1, 0.15) is 4.88 Å². The Bertz CT molecular complexity index is 487. The van der Waals surface area contributed by atoms with Gasteiger partial charge in [-0.05, 0) is 18.2 Å². The summed E-state index contributed by atoms with van der Waals surface area (Å²) in [6.45, 7) is 0. The number of hydrogen-bond donors (Lipinski definition) is 0. The van der Waals surface area contributed by atoms with Crippen LogP contribution in [0.25, 0.3) is 0 Å². The van der Waals surface area contributed by atoms with Gasteiger partial charge in [0.2, 0.25) is 4.21 Å². The first-order chi connectivity index (χ1) is 7.31. The fourth-order valence-electron chi connectivity index (χ4n) is 1.14. The molecule has 0 aliphatic heterocycles. The molecule has 0 aliphatic rings. The third-order valence-corrected chi connectivity index (χ3v) is 4.52. The van der Waals surface area contributed by atoms with Crippen LogP contribution in [-0.2, 0) is 11.2 Å². The maximum Gasteiger partial charge on any atom is 0.213 e. The molecule has 0 bridgehead atoms. The molecule has 0 saturated carbocycles. The van der Waals surface area contributed by atoms with Crippen molar-refractivity contribution < 1.29 is 4.55 Å². The lowest BCUT2D eigenvalue weighted by atomic mass is 10.4. The molecule has 0 amide bonds. The molecule has 0 fully saturated rings. The van der Waals surface area contributed by atoms with Gasteiger partial charge in [0, 0.05) is 17.2 Å². The van der Waals surface area contributed by atoms with E-state index in [0.29, 0.717) is 4.88 Å². The van der Waals surface area contributed by atoms with Crippen LogP contribution in [0, 0.1) is 11.3 Å². The summed E-state index contributed by atoms with van der Waals surface area (Å²) in [5.41, 5.74) is 0. The van der Waals surface area contributed by atoms with E-state index in [4.69, 9.17) is 5.26 Å². The molecule has 2 rings (SSSR count). The molecule has 0 aliphatic carbocycles. The van der Waals surface area contributed by atoms with E-state index in [1.807, 2.05) is 36.4 Å². The SMILES string of the molecule is N#Cc1ccc([S+]([O-])c2ccccc2)s1. The highest BCUT2D eigenvalue weighted by Crippen LogP contribution is 2.26. The van der Waals surface area contributed by atoms with Crippen molar-refractivity contribution >= 4 is 22.5 Å².